The lowest BCUT2D eigenvalue weighted by Gasteiger charge is -2.22. The van der Waals surface area contributed by atoms with Crippen molar-refractivity contribution in [2.75, 3.05) is 25.0 Å². The van der Waals surface area contributed by atoms with Crippen molar-refractivity contribution < 1.29 is 0 Å². The third kappa shape index (κ3) is 2.41. The van der Waals surface area contributed by atoms with E-state index in [0.717, 1.165) is 13.1 Å². The number of H-pyrrole nitrogens is 1. The molecule has 1 saturated heterocycles. The Hall–Kier alpha value is -1.36. The van der Waals surface area contributed by atoms with Crippen LogP contribution >= 0.6 is 0 Å². The first kappa shape index (κ1) is 11.1. The number of nitrogens with zero attached hydrogens (tertiary/aromatic N) is 2. The maximum atomic E-state index is 11.4. The van der Waals surface area contributed by atoms with Crippen molar-refractivity contribution in [2.45, 2.75) is 25.8 Å². The van der Waals surface area contributed by atoms with E-state index < -0.39 is 0 Å². The van der Waals surface area contributed by atoms with Gasteiger partial charge in [0.05, 0.1) is 0 Å². The number of anilines is 1. The van der Waals surface area contributed by atoms with Gasteiger partial charge in [0.25, 0.3) is 5.56 Å². The Balaban J connectivity index is 1.92. The molecule has 1 aromatic rings. The average molecular weight is 222 g/mol. The molecule has 0 saturated carbocycles. The second kappa shape index (κ2) is 5.12. The van der Waals surface area contributed by atoms with E-state index in [9.17, 15) is 4.79 Å². The van der Waals surface area contributed by atoms with Crippen LogP contribution in [-0.4, -0.2) is 40.5 Å². The minimum Gasteiger partial charge on any atom is -0.364 e. The van der Waals surface area contributed by atoms with E-state index >= 15 is 0 Å². The van der Waals surface area contributed by atoms with Crippen LogP contribution in [0, 0.1) is 0 Å². The number of likely N-dealkylation sites (N-methyl/N-ethyl adjacent to an activating group) is 1. The summed E-state index contributed by atoms with van der Waals surface area (Å²) in [6.07, 6.45) is 5.59. The maximum Gasteiger partial charge on any atom is 0.290 e. The van der Waals surface area contributed by atoms with E-state index in [4.69, 9.17) is 0 Å². The molecule has 5 heteroatoms. The zero-order valence-corrected chi connectivity index (χ0v) is 9.57. The van der Waals surface area contributed by atoms with E-state index in [1.54, 1.807) is 12.4 Å². The third-order valence-electron chi connectivity index (χ3n) is 3.12. The van der Waals surface area contributed by atoms with Gasteiger partial charge in [-0.05, 0) is 25.9 Å². The van der Waals surface area contributed by atoms with Crippen molar-refractivity contribution in [3.8, 4) is 0 Å². The number of nitrogens with one attached hydrogen (secondary N) is 2. The van der Waals surface area contributed by atoms with Gasteiger partial charge in [0.2, 0.25) is 0 Å². The fraction of sp³-hybridized carbons (Fsp3) is 0.636. The van der Waals surface area contributed by atoms with Gasteiger partial charge >= 0.3 is 0 Å². The molecule has 0 spiro atoms. The number of rotatable bonds is 4. The predicted molar refractivity (Wildman–Crippen MR) is 63.6 cm³/mol. The molecular formula is C11H18N4O. The normalized spacial score (nSPS) is 21.2. The number of likely N-dealkylation sites (tertiary alicyclic amines) is 1. The summed E-state index contributed by atoms with van der Waals surface area (Å²) >= 11 is 0. The van der Waals surface area contributed by atoms with Crippen molar-refractivity contribution >= 4 is 5.82 Å². The van der Waals surface area contributed by atoms with Gasteiger partial charge in [-0.25, -0.2) is 4.98 Å². The summed E-state index contributed by atoms with van der Waals surface area (Å²) in [6.45, 7) is 5.21. The van der Waals surface area contributed by atoms with Crippen LogP contribution in [0.3, 0.4) is 0 Å². The molecule has 0 amide bonds. The molecular weight excluding hydrogens is 204 g/mol. The maximum absolute atomic E-state index is 11.4. The molecule has 88 valence electrons. The molecule has 1 fully saturated rings. The van der Waals surface area contributed by atoms with Crippen LogP contribution in [0.4, 0.5) is 5.82 Å². The lowest BCUT2D eigenvalue weighted by molar-refractivity contribution is 0.277. The molecule has 1 unspecified atom stereocenters. The Kier molecular flexibility index (Phi) is 3.56. The van der Waals surface area contributed by atoms with Gasteiger partial charge in [-0.1, -0.05) is 6.92 Å². The van der Waals surface area contributed by atoms with E-state index in [1.165, 1.54) is 19.4 Å². The molecule has 1 atom stereocenters. The fourth-order valence-electron chi connectivity index (χ4n) is 2.23. The number of aromatic amines is 1. The Bertz CT molecular complexity index is 390. The van der Waals surface area contributed by atoms with Crippen LogP contribution in [0.1, 0.15) is 19.8 Å². The van der Waals surface area contributed by atoms with Crippen molar-refractivity contribution in [1.82, 2.24) is 14.9 Å². The Morgan fingerprint density at radius 2 is 2.56 bits per heavy atom. The zero-order chi connectivity index (χ0) is 11.4. The molecule has 2 rings (SSSR count). The molecule has 1 aliphatic rings. The number of hydrogen-bond acceptors (Lipinski definition) is 4. The highest BCUT2D eigenvalue weighted by molar-refractivity contribution is 5.30. The van der Waals surface area contributed by atoms with Gasteiger partial charge < -0.3 is 10.3 Å². The molecule has 16 heavy (non-hydrogen) atoms. The SMILES string of the molecule is CCN1CCCC1CNc1ncc[nH]c1=O. The Labute approximate surface area is 94.9 Å². The van der Waals surface area contributed by atoms with Crippen LogP contribution in [-0.2, 0) is 0 Å². The Morgan fingerprint density at radius 1 is 1.69 bits per heavy atom. The topological polar surface area (TPSA) is 61.0 Å². The second-order valence-corrected chi connectivity index (χ2v) is 4.07. The smallest absolute Gasteiger partial charge is 0.290 e. The average Bonchev–Trinajstić information content (AvgIpc) is 2.75. The molecule has 2 heterocycles. The summed E-state index contributed by atoms with van der Waals surface area (Å²) in [5.74, 6) is 0.422. The lowest BCUT2D eigenvalue weighted by Crippen LogP contribution is -2.35. The van der Waals surface area contributed by atoms with Crippen molar-refractivity contribution in [3.63, 3.8) is 0 Å². The van der Waals surface area contributed by atoms with Crippen LogP contribution < -0.4 is 10.9 Å². The molecule has 1 aromatic heterocycles. The van der Waals surface area contributed by atoms with Gasteiger partial charge in [0, 0.05) is 25.0 Å². The standard InChI is InChI=1S/C11H18N4O/c1-2-15-7-3-4-9(15)8-14-10-11(16)13-6-5-12-10/h5-6,9H,2-4,7-8H2,1H3,(H,12,14)(H,13,16). The monoisotopic (exact) mass is 222 g/mol. The highest BCUT2D eigenvalue weighted by Gasteiger charge is 2.22. The van der Waals surface area contributed by atoms with E-state index in [0.29, 0.717) is 11.9 Å². The highest BCUT2D eigenvalue weighted by atomic mass is 16.1. The first-order valence-corrected chi connectivity index (χ1v) is 5.83. The third-order valence-corrected chi connectivity index (χ3v) is 3.12. The van der Waals surface area contributed by atoms with Gasteiger partial charge in [0.15, 0.2) is 5.82 Å². The molecule has 0 bridgehead atoms. The van der Waals surface area contributed by atoms with Crippen LogP contribution in [0.25, 0.3) is 0 Å². The summed E-state index contributed by atoms with van der Waals surface area (Å²) in [7, 11) is 0. The van der Waals surface area contributed by atoms with Crippen molar-refractivity contribution in [3.05, 3.63) is 22.7 Å². The summed E-state index contributed by atoms with van der Waals surface area (Å²) in [4.78, 5) is 20.4. The summed E-state index contributed by atoms with van der Waals surface area (Å²) < 4.78 is 0. The first-order valence-electron chi connectivity index (χ1n) is 5.83. The quantitative estimate of drug-likeness (QED) is 0.786. The largest absolute Gasteiger partial charge is 0.364 e. The Morgan fingerprint density at radius 3 is 3.31 bits per heavy atom. The van der Waals surface area contributed by atoms with Gasteiger partial charge in [-0.2, -0.15) is 0 Å². The number of hydrogen-bond donors (Lipinski definition) is 2. The summed E-state index contributed by atoms with van der Waals surface area (Å²) in [5.41, 5.74) is -0.149. The molecule has 2 N–H and O–H groups in total. The van der Waals surface area contributed by atoms with Gasteiger partial charge in [0.1, 0.15) is 0 Å². The van der Waals surface area contributed by atoms with E-state index in [1.807, 2.05) is 0 Å². The fourth-order valence-corrected chi connectivity index (χ4v) is 2.23. The predicted octanol–water partition coefficient (Wildman–Crippen LogP) is 0.666. The zero-order valence-electron chi connectivity index (χ0n) is 9.57. The molecule has 0 radical (unpaired) electrons. The van der Waals surface area contributed by atoms with Gasteiger partial charge in [-0.3, -0.25) is 9.69 Å². The van der Waals surface area contributed by atoms with Crippen LogP contribution in [0.15, 0.2) is 17.2 Å². The first-order chi connectivity index (χ1) is 7.81. The van der Waals surface area contributed by atoms with E-state index in [-0.39, 0.29) is 5.56 Å². The molecule has 1 aliphatic heterocycles. The number of aromatic nitrogens is 2. The minimum absolute atomic E-state index is 0.149. The molecule has 0 aliphatic carbocycles. The van der Waals surface area contributed by atoms with Crippen LogP contribution in [0.5, 0.6) is 0 Å². The van der Waals surface area contributed by atoms with Crippen molar-refractivity contribution in [2.24, 2.45) is 0 Å². The van der Waals surface area contributed by atoms with Gasteiger partial charge in [-0.15, -0.1) is 0 Å². The lowest BCUT2D eigenvalue weighted by atomic mass is 10.2. The highest BCUT2D eigenvalue weighted by Crippen LogP contribution is 2.16. The summed E-state index contributed by atoms with van der Waals surface area (Å²) in [6, 6.07) is 0.534. The van der Waals surface area contributed by atoms with E-state index in [2.05, 4.69) is 27.1 Å². The van der Waals surface area contributed by atoms with Crippen molar-refractivity contribution in [1.29, 1.82) is 0 Å². The molecule has 5 nitrogen and oxygen atoms in total. The van der Waals surface area contributed by atoms with Crippen LogP contribution in [0.2, 0.25) is 0 Å². The second-order valence-electron chi connectivity index (χ2n) is 4.07. The molecule has 0 aromatic carbocycles. The minimum atomic E-state index is -0.149. The summed E-state index contributed by atoms with van der Waals surface area (Å²) in [5, 5.41) is 3.12.